The molecule has 0 saturated carbocycles. The average Bonchev–Trinajstić information content (AvgIpc) is 2.77. The van der Waals surface area contributed by atoms with Gasteiger partial charge in [-0.05, 0) is 84.5 Å². The zero-order valence-corrected chi connectivity index (χ0v) is 18.2. The van der Waals surface area contributed by atoms with Gasteiger partial charge in [0.2, 0.25) is 0 Å². The van der Waals surface area contributed by atoms with Gasteiger partial charge in [0.15, 0.2) is 0 Å². The van der Waals surface area contributed by atoms with Crippen molar-refractivity contribution >= 4 is 16.7 Å². The number of phenolic OH excluding ortho intramolecular Hbond substituents is 2. The third-order valence-electron chi connectivity index (χ3n) is 5.76. The predicted molar refractivity (Wildman–Crippen MR) is 126 cm³/mol. The summed E-state index contributed by atoms with van der Waals surface area (Å²) < 4.78 is 5.03. The molecule has 1 atom stereocenters. The van der Waals surface area contributed by atoms with Crippen LogP contribution in [-0.4, -0.2) is 22.8 Å². The van der Waals surface area contributed by atoms with E-state index in [4.69, 9.17) is 4.74 Å². The summed E-state index contributed by atoms with van der Waals surface area (Å²) in [4.78, 5) is 12.0. The highest BCUT2D eigenvalue weighted by Gasteiger charge is 2.13. The van der Waals surface area contributed by atoms with Crippen LogP contribution in [0.2, 0.25) is 0 Å². The van der Waals surface area contributed by atoms with E-state index in [2.05, 4.69) is 13.5 Å². The molecular formula is C27H30O4. The molecule has 0 aliphatic rings. The molecule has 2 N–H and O–H groups in total. The Morgan fingerprint density at radius 1 is 1.03 bits per heavy atom. The lowest BCUT2D eigenvalue weighted by Crippen LogP contribution is -2.04. The van der Waals surface area contributed by atoms with Gasteiger partial charge in [0.05, 0.1) is 12.2 Å². The van der Waals surface area contributed by atoms with Crippen molar-refractivity contribution in [3.05, 3.63) is 72.3 Å². The first-order valence-corrected chi connectivity index (χ1v) is 10.8. The molecule has 0 aliphatic carbocycles. The number of benzene rings is 3. The number of ether oxygens (including phenoxy) is 1. The lowest BCUT2D eigenvalue weighted by molar-refractivity contribution is 0.0526. The van der Waals surface area contributed by atoms with Gasteiger partial charge in [0, 0.05) is 5.39 Å². The molecule has 4 nitrogen and oxygen atoms in total. The Morgan fingerprint density at radius 2 is 1.77 bits per heavy atom. The van der Waals surface area contributed by atoms with Crippen LogP contribution in [0, 0.1) is 5.92 Å². The molecule has 0 aliphatic heterocycles. The lowest BCUT2D eigenvalue weighted by Gasteiger charge is -2.14. The van der Waals surface area contributed by atoms with E-state index in [1.807, 2.05) is 36.4 Å². The standard InChI is InChI=1S/C27H30O4/c1-4-7-18(5-2)8-9-22-14-19(12-13-25(22)28)20-10-11-21-15-23(27(30)31-6-3)17-26(29)24(21)16-20/h4,10-18,28-29H,1,5-9H2,2-3H3. The summed E-state index contributed by atoms with van der Waals surface area (Å²) in [5.74, 6) is 0.456. The van der Waals surface area contributed by atoms with E-state index in [1.54, 1.807) is 19.1 Å². The van der Waals surface area contributed by atoms with E-state index in [9.17, 15) is 15.0 Å². The molecule has 0 spiro atoms. The number of rotatable bonds is 9. The zero-order chi connectivity index (χ0) is 22.4. The minimum absolute atomic E-state index is 0.0385. The third kappa shape index (κ3) is 5.26. The maximum Gasteiger partial charge on any atom is 0.338 e. The van der Waals surface area contributed by atoms with Gasteiger partial charge in [-0.1, -0.05) is 37.6 Å². The molecule has 3 aromatic rings. The first kappa shape index (κ1) is 22.4. The molecular weight excluding hydrogens is 388 g/mol. The number of aryl methyl sites for hydroxylation is 1. The van der Waals surface area contributed by atoms with Gasteiger partial charge >= 0.3 is 5.97 Å². The molecule has 3 rings (SSSR count). The number of esters is 1. The van der Waals surface area contributed by atoms with Crippen molar-refractivity contribution in [2.45, 2.75) is 39.5 Å². The van der Waals surface area contributed by atoms with Crippen LogP contribution in [0.4, 0.5) is 0 Å². The molecule has 0 radical (unpaired) electrons. The summed E-state index contributed by atoms with van der Waals surface area (Å²) in [6.07, 6.45) is 5.82. The Kier molecular flexibility index (Phi) is 7.35. The lowest BCUT2D eigenvalue weighted by atomic mass is 9.92. The maximum atomic E-state index is 12.0. The minimum Gasteiger partial charge on any atom is -0.508 e. The second kappa shape index (κ2) is 10.2. The molecule has 0 saturated heterocycles. The van der Waals surface area contributed by atoms with Gasteiger partial charge < -0.3 is 14.9 Å². The SMILES string of the molecule is C=CCC(CC)CCc1cc(-c2ccc3cc(C(=O)OCC)cc(O)c3c2)ccc1O. The summed E-state index contributed by atoms with van der Waals surface area (Å²) in [6.45, 7) is 8.05. The van der Waals surface area contributed by atoms with E-state index < -0.39 is 5.97 Å². The second-order valence-corrected chi connectivity index (χ2v) is 7.83. The highest BCUT2D eigenvalue weighted by molar-refractivity contribution is 5.99. The molecule has 31 heavy (non-hydrogen) atoms. The maximum absolute atomic E-state index is 12.0. The molecule has 0 aromatic heterocycles. The highest BCUT2D eigenvalue weighted by Crippen LogP contribution is 2.33. The van der Waals surface area contributed by atoms with Crippen molar-refractivity contribution in [1.29, 1.82) is 0 Å². The molecule has 4 heteroatoms. The van der Waals surface area contributed by atoms with Gasteiger partial charge in [0.1, 0.15) is 11.5 Å². The summed E-state index contributed by atoms with van der Waals surface area (Å²) in [5, 5.41) is 22.3. The Morgan fingerprint density at radius 3 is 2.48 bits per heavy atom. The van der Waals surface area contributed by atoms with Crippen molar-refractivity contribution < 1.29 is 19.7 Å². The van der Waals surface area contributed by atoms with Crippen LogP contribution >= 0.6 is 0 Å². The topological polar surface area (TPSA) is 66.8 Å². The van der Waals surface area contributed by atoms with E-state index in [0.29, 0.717) is 22.6 Å². The van der Waals surface area contributed by atoms with Crippen LogP contribution in [-0.2, 0) is 11.2 Å². The Hall–Kier alpha value is -3.27. The van der Waals surface area contributed by atoms with Crippen LogP contribution < -0.4 is 0 Å². The fraction of sp³-hybridized carbons (Fsp3) is 0.296. The van der Waals surface area contributed by atoms with Crippen LogP contribution in [0.25, 0.3) is 21.9 Å². The fourth-order valence-electron chi connectivity index (χ4n) is 3.90. The number of hydrogen-bond acceptors (Lipinski definition) is 4. The van der Waals surface area contributed by atoms with Gasteiger partial charge in [-0.15, -0.1) is 6.58 Å². The first-order valence-electron chi connectivity index (χ1n) is 10.8. The summed E-state index contributed by atoms with van der Waals surface area (Å²) in [5.41, 5.74) is 3.16. The third-order valence-corrected chi connectivity index (χ3v) is 5.76. The number of hydrogen-bond donors (Lipinski definition) is 2. The highest BCUT2D eigenvalue weighted by atomic mass is 16.5. The van der Waals surface area contributed by atoms with Gasteiger partial charge in [0.25, 0.3) is 0 Å². The van der Waals surface area contributed by atoms with E-state index in [0.717, 1.165) is 47.8 Å². The largest absolute Gasteiger partial charge is 0.508 e. The average molecular weight is 419 g/mol. The van der Waals surface area contributed by atoms with Gasteiger partial charge in [-0.3, -0.25) is 0 Å². The van der Waals surface area contributed by atoms with Crippen molar-refractivity contribution in [2.75, 3.05) is 6.61 Å². The summed E-state index contributed by atoms with van der Waals surface area (Å²) in [6, 6.07) is 14.5. The minimum atomic E-state index is -0.450. The van der Waals surface area contributed by atoms with Crippen LogP contribution in [0.1, 0.15) is 49.0 Å². The number of carbonyl (C=O) groups is 1. The van der Waals surface area contributed by atoms with Crippen molar-refractivity contribution in [1.82, 2.24) is 0 Å². The van der Waals surface area contributed by atoms with Gasteiger partial charge in [-0.2, -0.15) is 0 Å². The fourth-order valence-corrected chi connectivity index (χ4v) is 3.90. The van der Waals surface area contributed by atoms with E-state index >= 15 is 0 Å². The molecule has 3 aromatic carbocycles. The Balaban J connectivity index is 1.91. The smallest absolute Gasteiger partial charge is 0.338 e. The molecule has 0 fully saturated rings. The number of allylic oxidation sites excluding steroid dienone is 1. The number of carbonyl (C=O) groups excluding carboxylic acids is 1. The second-order valence-electron chi connectivity index (χ2n) is 7.83. The number of aromatic hydroxyl groups is 2. The van der Waals surface area contributed by atoms with Gasteiger partial charge in [-0.25, -0.2) is 4.79 Å². The zero-order valence-electron chi connectivity index (χ0n) is 18.2. The monoisotopic (exact) mass is 418 g/mol. The Labute approximate surface area is 183 Å². The molecule has 162 valence electrons. The van der Waals surface area contributed by atoms with Crippen molar-refractivity contribution in [2.24, 2.45) is 5.92 Å². The first-order chi connectivity index (χ1) is 15.0. The molecule has 0 heterocycles. The molecule has 1 unspecified atom stereocenters. The van der Waals surface area contributed by atoms with E-state index in [-0.39, 0.29) is 12.4 Å². The quantitative estimate of drug-likeness (QED) is 0.302. The predicted octanol–water partition coefficient (Wildman–Crippen LogP) is 6.63. The number of fused-ring (bicyclic) bond motifs is 1. The molecule has 0 bridgehead atoms. The summed E-state index contributed by atoms with van der Waals surface area (Å²) in [7, 11) is 0. The van der Waals surface area contributed by atoms with E-state index in [1.165, 1.54) is 6.07 Å². The number of phenols is 2. The van der Waals surface area contributed by atoms with Crippen LogP contribution in [0.3, 0.4) is 0 Å². The Bertz CT molecular complexity index is 1080. The normalized spacial score (nSPS) is 11.9. The van der Waals surface area contributed by atoms with Crippen LogP contribution in [0.15, 0.2) is 61.2 Å². The van der Waals surface area contributed by atoms with Crippen molar-refractivity contribution in [3.63, 3.8) is 0 Å². The summed E-state index contributed by atoms with van der Waals surface area (Å²) >= 11 is 0. The van der Waals surface area contributed by atoms with Crippen LogP contribution in [0.5, 0.6) is 11.5 Å². The molecule has 0 amide bonds. The van der Waals surface area contributed by atoms with Crippen molar-refractivity contribution in [3.8, 4) is 22.6 Å².